The van der Waals surface area contributed by atoms with Crippen molar-refractivity contribution in [3.05, 3.63) is 52.2 Å². The molecule has 1 aromatic carbocycles. The van der Waals surface area contributed by atoms with E-state index in [9.17, 15) is 9.18 Å². The molecule has 1 amide bonds. The maximum Gasteiger partial charge on any atom is 0.232 e. The number of aromatic nitrogens is 2. The summed E-state index contributed by atoms with van der Waals surface area (Å²) in [5.41, 5.74) is 1.38. The minimum Gasteiger partial charge on any atom is -0.302 e. The molecular weight excluding hydrogens is 321 g/mol. The second-order valence-electron chi connectivity index (χ2n) is 4.66. The normalized spacial score (nSPS) is 10.6. The third kappa shape index (κ3) is 3.55. The summed E-state index contributed by atoms with van der Waals surface area (Å²) in [4.78, 5) is 21.5. The molecule has 7 heteroatoms. The van der Waals surface area contributed by atoms with Crippen LogP contribution in [-0.4, -0.2) is 15.9 Å². The summed E-state index contributed by atoms with van der Waals surface area (Å²) in [7, 11) is 0. The highest BCUT2D eigenvalue weighted by Crippen LogP contribution is 2.24. The number of rotatable bonds is 4. The molecular formula is C15H12FN3OS2. The Balaban J connectivity index is 1.67. The largest absolute Gasteiger partial charge is 0.302 e. The number of thiazole rings is 2. The predicted octanol–water partition coefficient (Wildman–Crippen LogP) is 3.90. The van der Waals surface area contributed by atoms with Crippen LogP contribution in [0.25, 0.3) is 10.6 Å². The standard InChI is InChI=1S/C15H12FN3OS2/c1-9-7-17-15(22-9)19-13(20)6-12-8-21-14(18-12)10-3-2-4-11(16)5-10/h2-5,7-8H,6H2,1H3,(H,17,19,20). The predicted molar refractivity (Wildman–Crippen MR) is 86.7 cm³/mol. The molecule has 0 bridgehead atoms. The van der Waals surface area contributed by atoms with Crippen molar-refractivity contribution >= 4 is 33.7 Å². The van der Waals surface area contributed by atoms with E-state index in [1.165, 1.54) is 34.8 Å². The van der Waals surface area contributed by atoms with E-state index < -0.39 is 0 Å². The number of benzene rings is 1. The Morgan fingerprint density at radius 1 is 1.41 bits per heavy atom. The van der Waals surface area contributed by atoms with Crippen LogP contribution in [0.15, 0.2) is 35.8 Å². The molecule has 1 N–H and O–H groups in total. The van der Waals surface area contributed by atoms with Gasteiger partial charge in [-0.2, -0.15) is 0 Å². The molecule has 3 rings (SSSR count). The zero-order valence-corrected chi connectivity index (χ0v) is 13.3. The highest BCUT2D eigenvalue weighted by molar-refractivity contribution is 7.15. The molecule has 0 fully saturated rings. The molecule has 0 saturated carbocycles. The lowest BCUT2D eigenvalue weighted by atomic mass is 10.2. The molecule has 2 heterocycles. The minimum absolute atomic E-state index is 0.162. The van der Waals surface area contributed by atoms with Gasteiger partial charge in [0.1, 0.15) is 10.8 Å². The number of hydrogen-bond donors (Lipinski definition) is 1. The highest BCUT2D eigenvalue weighted by Gasteiger charge is 2.11. The van der Waals surface area contributed by atoms with Crippen LogP contribution in [0.4, 0.5) is 9.52 Å². The third-order valence-electron chi connectivity index (χ3n) is 2.83. The zero-order valence-electron chi connectivity index (χ0n) is 11.7. The number of nitrogens with one attached hydrogen (secondary N) is 1. The summed E-state index contributed by atoms with van der Waals surface area (Å²) in [6, 6.07) is 6.26. The molecule has 2 aromatic heterocycles. The first-order chi connectivity index (χ1) is 10.6. The van der Waals surface area contributed by atoms with Gasteiger partial charge in [-0.05, 0) is 19.1 Å². The number of carbonyl (C=O) groups is 1. The lowest BCUT2D eigenvalue weighted by Gasteiger charge is -1.99. The molecule has 0 spiro atoms. The molecule has 22 heavy (non-hydrogen) atoms. The molecule has 0 radical (unpaired) electrons. The smallest absolute Gasteiger partial charge is 0.232 e. The van der Waals surface area contributed by atoms with E-state index in [1.54, 1.807) is 18.3 Å². The van der Waals surface area contributed by atoms with E-state index in [4.69, 9.17) is 0 Å². The van der Waals surface area contributed by atoms with Gasteiger partial charge >= 0.3 is 0 Å². The van der Waals surface area contributed by atoms with E-state index in [-0.39, 0.29) is 18.1 Å². The number of amides is 1. The van der Waals surface area contributed by atoms with Crippen molar-refractivity contribution in [2.75, 3.05) is 5.32 Å². The van der Waals surface area contributed by atoms with Crippen LogP contribution >= 0.6 is 22.7 Å². The molecule has 0 aliphatic carbocycles. The van der Waals surface area contributed by atoms with E-state index in [0.717, 1.165) is 4.88 Å². The zero-order chi connectivity index (χ0) is 15.5. The highest BCUT2D eigenvalue weighted by atomic mass is 32.1. The quantitative estimate of drug-likeness (QED) is 0.788. The fourth-order valence-electron chi connectivity index (χ4n) is 1.88. The van der Waals surface area contributed by atoms with Gasteiger partial charge < -0.3 is 5.32 Å². The number of anilines is 1. The molecule has 0 saturated heterocycles. The van der Waals surface area contributed by atoms with E-state index in [0.29, 0.717) is 21.4 Å². The van der Waals surface area contributed by atoms with Gasteiger partial charge in [-0.3, -0.25) is 4.79 Å². The Kier molecular flexibility index (Phi) is 4.26. The Morgan fingerprint density at radius 2 is 2.27 bits per heavy atom. The summed E-state index contributed by atoms with van der Waals surface area (Å²) in [5.74, 6) is -0.462. The van der Waals surface area contributed by atoms with Crippen molar-refractivity contribution in [3.8, 4) is 10.6 Å². The number of nitrogens with zero attached hydrogens (tertiary/aromatic N) is 2. The SMILES string of the molecule is Cc1cnc(NC(=O)Cc2csc(-c3cccc(F)c3)n2)s1. The first-order valence-corrected chi connectivity index (χ1v) is 8.22. The van der Waals surface area contributed by atoms with Crippen LogP contribution in [0.2, 0.25) is 0 Å². The van der Waals surface area contributed by atoms with Gasteiger partial charge in [-0.1, -0.05) is 12.1 Å². The third-order valence-corrected chi connectivity index (χ3v) is 4.60. The second kappa shape index (κ2) is 6.33. The van der Waals surface area contributed by atoms with Crippen LogP contribution in [-0.2, 0) is 11.2 Å². The van der Waals surface area contributed by atoms with Crippen LogP contribution in [0.1, 0.15) is 10.6 Å². The van der Waals surface area contributed by atoms with Gasteiger partial charge in [-0.15, -0.1) is 22.7 Å². The number of aryl methyl sites for hydroxylation is 1. The Labute approximate surface area is 134 Å². The van der Waals surface area contributed by atoms with Crippen molar-refractivity contribution in [2.24, 2.45) is 0 Å². The van der Waals surface area contributed by atoms with E-state index in [2.05, 4.69) is 15.3 Å². The monoisotopic (exact) mass is 333 g/mol. The summed E-state index contributed by atoms with van der Waals surface area (Å²) >= 11 is 2.82. The molecule has 0 unspecified atom stereocenters. The van der Waals surface area contributed by atoms with Crippen molar-refractivity contribution in [2.45, 2.75) is 13.3 Å². The lowest BCUT2D eigenvalue weighted by molar-refractivity contribution is -0.115. The Hall–Kier alpha value is -2.12. The summed E-state index contributed by atoms with van der Waals surface area (Å²) in [5, 5.41) is 5.84. The maximum absolute atomic E-state index is 13.2. The molecule has 0 atom stereocenters. The Morgan fingerprint density at radius 3 is 3.00 bits per heavy atom. The second-order valence-corrected chi connectivity index (χ2v) is 6.75. The first kappa shape index (κ1) is 14.8. The fourth-order valence-corrected chi connectivity index (χ4v) is 3.38. The molecule has 0 aliphatic heterocycles. The summed E-state index contributed by atoms with van der Waals surface area (Å²) in [6.45, 7) is 1.93. The number of halogens is 1. The van der Waals surface area contributed by atoms with Crippen molar-refractivity contribution in [1.82, 2.24) is 9.97 Å². The minimum atomic E-state index is -0.300. The van der Waals surface area contributed by atoms with Crippen molar-refractivity contribution in [3.63, 3.8) is 0 Å². The van der Waals surface area contributed by atoms with Crippen LogP contribution < -0.4 is 5.32 Å². The van der Waals surface area contributed by atoms with Crippen LogP contribution in [0, 0.1) is 12.7 Å². The topological polar surface area (TPSA) is 54.9 Å². The average Bonchev–Trinajstić information content (AvgIpc) is 3.08. The Bertz CT molecular complexity index is 812. The fraction of sp³-hybridized carbons (Fsp3) is 0.133. The lowest BCUT2D eigenvalue weighted by Crippen LogP contribution is -2.14. The average molecular weight is 333 g/mol. The molecule has 4 nitrogen and oxygen atoms in total. The molecule has 112 valence electrons. The van der Waals surface area contributed by atoms with Gasteiger partial charge in [0.25, 0.3) is 0 Å². The molecule has 3 aromatic rings. The van der Waals surface area contributed by atoms with E-state index >= 15 is 0 Å². The number of hydrogen-bond acceptors (Lipinski definition) is 5. The summed E-state index contributed by atoms with van der Waals surface area (Å²) in [6.07, 6.45) is 1.88. The van der Waals surface area contributed by atoms with Crippen LogP contribution in [0.5, 0.6) is 0 Å². The van der Waals surface area contributed by atoms with E-state index in [1.807, 2.05) is 12.3 Å². The molecule has 0 aliphatic rings. The van der Waals surface area contributed by atoms with Crippen LogP contribution in [0.3, 0.4) is 0 Å². The van der Waals surface area contributed by atoms with Gasteiger partial charge in [0.2, 0.25) is 5.91 Å². The van der Waals surface area contributed by atoms with Gasteiger partial charge in [-0.25, -0.2) is 14.4 Å². The number of carbonyl (C=O) groups excluding carboxylic acids is 1. The maximum atomic E-state index is 13.2. The van der Waals surface area contributed by atoms with Gasteiger partial charge in [0.05, 0.1) is 12.1 Å². The van der Waals surface area contributed by atoms with Gasteiger partial charge in [0, 0.05) is 22.0 Å². The van der Waals surface area contributed by atoms with Crippen molar-refractivity contribution in [1.29, 1.82) is 0 Å². The van der Waals surface area contributed by atoms with Crippen molar-refractivity contribution < 1.29 is 9.18 Å². The first-order valence-electron chi connectivity index (χ1n) is 6.53. The summed E-state index contributed by atoms with van der Waals surface area (Å²) < 4.78 is 13.2. The van der Waals surface area contributed by atoms with Gasteiger partial charge in [0.15, 0.2) is 5.13 Å².